The number of hydrogen-bond acceptors (Lipinski definition) is 8. The van der Waals surface area contributed by atoms with Gasteiger partial charge in [0.05, 0.1) is 31.2 Å². The summed E-state index contributed by atoms with van der Waals surface area (Å²) in [7, 11) is 1.51. The molecule has 9 heteroatoms. The molecule has 0 radical (unpaired) electrons. The Morgan fingerprint density at radius 1 is 1.33 bits per heavy atom. The monoisotopic (exact) mass is 447 g/mol. The molecule has 0 aliphatic carbocycles. The molecule has 0 saturated heterocycles. The van der Waals surface area contributed by atoms with Crippen molar-refractivity contribution >= 4 is 5.97 Å². The second kappa shape index (κ2) is 9.81. The minimum atomic E-state index is -0.258. The van der Waals surface area contributed by atoms with Crippen LogP contribution in [0.25, 0.3) is 5.82 Å². The lowest BCUT2D eigenvalue weighted by Crippen LogP contribution is -2.29. The molecule has 9 nitrogen and oxygen atoms in total. The number of aliphatic hydroxyl groups is 1. The van der Waals surface area contributed by atoms with Gasteiger partial charge in [0.1, 0.15) is 36.1 Å². The molecule has 0 unspecified atom stereocenters. The number of pyridine rings is 1. The van der Waals surface area contributed by atoms with E-state index in [4.69, 9.17) is 14.7 Å². The van der Waals surface area contributed by atoms with E-state index in [1.807, 2.05) is 25.3 Å². The molecule has 170 valence electrons. The van der Waals surface area contributed by atoms with Gasteiger partial charge in [-0.2, -0.15) is 5.26 Å². The van der Waals surface area contributed by atoms with Crippen LogP contribution in [0, 0.1) is 18.3 Å². The zero-order chi connectivity index (χ0) is 23.4. The van der Waals surface area contributed by atoms with Crippen LogP contribution in [0.4, 0.5) is 0 Å². The number of aromatic nitrogens is 3. The Hall–Kier alpha value is -3.74. The van der Waals surface area contributed by atoms with Gasteiger partial charge >= 0.3 is 5.97 Å². The van der Waals surface area contributed by atoms with Crippen molar-refractivity contribution in [3.8, 4) is 17.6 Å². The first-order chi connectivity index (χ1) is 16.0. The van der Waals surface area contributed by atoms with Gasteiger partial charge in [0.25, 0.3) is 0 Å². The molecule has 1 aromatic carbocycles. The average molecular weight is 447 g/mol. The number of rotatable bonds is 9. The summed E-state index contributed by atoms with van der Waals surface area (Å²) in [6.45, 7) is 4.20. The molecule has 0 spiro atoms. The Labute approximate surface area is 191 Å². The predicted octanol–water partition coefficient (Wildman–Crippen LogP) is 2.16. The number of methoxy groups -OCH3 is 1. The molecule has 3 aromatic rings. The molecule has 1 aliphatic heterocycles. The second-order valence-corrected chi connectivity index (χ2v) is 7.83. The summed E-state index contributed by atoms with van der Waals surface area (Å²) in [5, 5.41) is 18.7. The van der Waals surface area contributed by atoms with E-state index < -0.39 is 0 Å². The number of nitrogens with zero attached hydrogens (tertiary/aromatic N) is 5. The molecule has 0 saturated carbocycles. The third kappa shape index (κ3) is 4.72. The first-order valence-electron chi connectivity index (χ1n) is 10.6. The zero-order valence-corrected chi connectivity index (χ0v) is 18.6. The number of esters is 1. The topological polar surface area (TPSA) is 114 Å². The van der Waals surface area contributed by atoms with Crippen molar-refractivity contribution in [2.24, 2.45) is 0 Å². The van der Waals surface area contributed by atoms with Crippen molar-refractivity contribution in [1.82, 2.24) is 19.4 Å². The first kappa shape index (κ1) is 22.5. The van der Waals surface area contributed by atoms with E-state index in [1.54, 1.807) is 17.0 Å². The number of hydrogen-bond donors (Lipinski definition) is 1. The number of ether oxygens (including phenoxy) is 2. The fraction of sp³-hybridized carbons (Fsp3) is 0.333. The van der Waals surface area contributed by atoms with E-state index in [-0.39, 0.29) is 12.6 Å². The van der Waals surface area contributed by atoms with Crippen molar-refractivity contribution < 1.29 is 19.4 Å². The first-order valence-corrected chi connectivity index (χ1v) is 10.6. The Morgan fingerprint density at radius 3 is 2.94 bits per heavy atom. The summed E-state index contributed by atoms with van der Waals surface area (Å²) in [4.78, 5) is 22.7. The Morgan fingerprint density at radius 2 is 2.18 bits per heavy atom. The normalized spacial score (nSPS) is 12.5. The van der Waals surface area contributed by atoms with Crippen molar-refractivity contribution in [2.45, 2.75) is 26.5 Å². The van der Waals surface area contributed by atoms with Gasteiger partial charge in [0, 0.05) is 37.5 Å². The van der Waals surface area contributed by atoms with Crippen LogP contribution in [-0.4, -0.2) is 57.3 Å². The van der Waals surface area contributed by atoms with Crippen LogP contribution in [0.1, 0.15) is 38.3 Å². The summed E-state index contributed by atoms with van der Waals surface area (Å²) in [5.74, 6) is 0.798. The van der Waals surface area contributed by atoms with E-state index >= 15 is 0 Å². The number of nitriles is 1. The summed E-state index contributed by atoms with van der Waals surface area (Å²) in [6, 6.07) is 7.57. The predicted molar refractivity (Wildman–Crippen MR) is 119 cm³/mol. The quantitative estimate of drug-likeness (QED) is 0.497. The highest BCUT2D eigenvalue weighted by Crippen LogP contribution is 2.26. The molecular weight excluding hydrogens is 422 g/mol. The molecule has 33 heavy (non-hydrogen) atoms. The molecule has 0 bridgehead atoms. The van der Waals surface area contributed by atoms with E-state index in [1.165, 1.54) is 13.3 Å². The fourth-order valence-corrected chi connectivity index (χ4v) is 3.98. The maximum atomic E-state index is 11.8. The van der Waals surface area contributed by atoms with Gasteiger partial charge in [0.2, 0.25) is 0 Å². The van der Waals surface area contributed by atoms with Gasteiger partial charge in [0.15, 0.2) is 0 Å². The van der Waals surface area contributed by atoms with Crippen molar-refractivity contribution in [2.75, 3.05) is 26.8 Å². The number of carbonyl (C=O) groups excluding carboxylic acids is 1. The number of cyclic esters (lactones) is 1. The summed E-state index contributed by atoms with van der Waals surface area (Å²) in [6.07, 6.45) is 5.80. The van der Waals surface area contributed by atoms with Gasteiger partial charge in [-0.3, -0.25) is 9.47 Å². The number of aliphatic hydroxyl groups excluding tert-OH is 1. The number of carbonyl (C=O) groups is 1. The molecule has 1 N–H and O–H groups in total. The summed E-state index contributed by atoms with van der Waals surface area (Å²) in [5.41, 5.74) is 5.07. The Bertz CT molecular complexity index is 1210. The average Bonchev–Trinajstić information content (AvgIpc) is 3.45. The number of imidazole rings is 1. The van der Waals surface area contributed by atoms with Crippen LogP contribution < -0.4 is 4.74 Å². The molecule has 1 aliphatic rings. The van der Waals surface area contributed by atoms with Crippen molar-refractivity contribution in [3.63, 3.8) is 0 Å². The summed E-state index contributed by atoms with van der Waals surface area (Å²) >= 11 is 0. The Balaban J connectivity index is 1.45. The fourth-order valence-electron chi connectivity index (χ4n) is 3.98. The van der Waals surface area contributed by atoms with Crippen LogP contribution in [0.15, 0.2) is 36.9 Å². The van der Waals surface area contributed by atoms with Crippen LogP contribution in [0.3, 0.4) is 0 Å². The highest BCUT2D eigenvalue weighted by Gasteiger charge is 2.24. The SMILES string of the molecule is COc1cc(-n2cnc(CN(CCO)CCc3ccc4c(c3C)COC4=O)c2)ncc1C#N. The lowest BCUT2D eigenvalue weighted by atomic mass is 9.96. The molecule has 2 aromatic heterocycles. The third-order valence-corrected chi connectivity index (χ3v) is 5.87. The third-order valence-electron chi connectivity index (χ3n) is 5.87. The highest BCUT2D eigenvalue weighted by atomic mass is 16.5. The van der Waals surface area contributed by atoms with Crippen LogP contribution in [0.5, 0.6) is 5.75 Å². The molecular formula is C24H25N5O4. The van der Waals surface area contributed by atoms with E-state index in [0.717, 1.165) is 35.3 Å². The lowest BCUT2D eigenvalue weighted by molar-refractivity contribution is 0.0535. The van der Waals surface area contributed by atoms with Crippen molar-refractivity contribution in [3.05, 3.63) is 70.4 Å². The van der Waals surface area contributed by atoms with Crippen LogP contribution in [0.2, 0.25) is 0 Å². The van der Waals surface area contributed by atoms with Gasteiger partial charge in [-0.05, 0) is 30.5 Å². The van der Waals surface area contributed by atoms with E-state index in [0.29, 0.717) is 42.4 Å². The molecule has 4 rings (SSSR count). The molecule has 3 heterocycles. The Kier molecular flexibility index (Phi) is 6.68. The molecule has 0 atom stereocenters. The van der Waals surface area contributed by atoms with Gasteiger partial charge in [-0.25, -0.2) is 14.8 Å². The smallest absolute Gasteiger partial charge is 0.338 e. The van der Waals surface area contributed by atoms with E-state index in [2.05, 4.69) is 20.9 Å². The van der Waals surface area contributed by atoms with Crippen LogP contribution >= 0.6 is 0 Å². The highest BCUT2D eigenvalue weighted by molar-refractivity contribution is 5.93. The van der Waals surface area contributed by atoms with Gasteiger partial charge in [-0.1, -0.05) is 6.07 Å². The minimum absolute atomic E-state index is 0.0423. The van der Waals surface area contributed by atoms with Gasteiger partial charge in [-0.15, -0.1) is 0 Å². The largest absolute Gasteiger partial charge is 0.495 e. The van der Waals surface area contributed by atoms with E-state index in [9.17, 15) is 9.90 Å². The lowest BCUT2D eigenvalue weighted by Gasteiger charge is -2.21. The van der Waals surface area contributed by atoms with Crippen molar-refractivity contribution in [1.29, 1.82) is 5.26 Å². The van der Waals surface area contributed by atoms with Gasteiger partial charge < -0.3 is 14.6 Å². The minimum Gasteiger partial charge on any atom is -0.495 e. The standard InChI is InChI=1S/C24H25N5O4/c1-16-17(3-4-20-21(16)14-33-24(20)31)5-6-28(7-8-30)12-19-13-29(15-27-19)23-9-22(32-2)18(10-25)11-26-23/h3-4,9,11,13,15,30H,5-8,12,14H2,1-2H3. The number of benzene rings is 1. The number of fused-ring (bicyclic) bond motifs is 1. The van der Waals surface area contributed by atoms with Crippen LogP contribution in [-0.2, 0) is 24.3 Å². The maximum absolute atomic E-state index is 11.8. The molecule has 0 fully saturated rings. The zero-order valence-electron chi connectivity index (χ0n) is 18.6. The second-order valence-electron chi connectivity index (χ2n) is 7.83. The maximum Gasteiger partial charge on any atom is 0.338 e. The molecule has 0 amide bonds. The summed E-state index contributed by atoms with van der Waals surface area (Å²) < 4.78 is 12.2.